The number of rotatable bonds is 4. The van der Waals surface area contributed by atoms with E-state index in [-0.39, 0.29) is 13.2 Å². The summed E-state index contributed by atoms with van der Waals surface area (Å²) in [5, 5.41) is 17.3. The number of aliphatic hydroxyl groups is 2. The molecular formula is C5H13NO3. The highest BCUT2D eigenvalue weighted by Gasteiger charge is 2.11. The van der Waals surface area contributed by atoms with Gasteiger partial charge in [-0.2, -0.15) is 0 Å². The van der Waals surface area contributed by atoms with Crippen molar-refractivity contribution in [3.8, 4) is 0 Å². The zero-order chi connectivity index (χ0) is 7.28. The van der Waals surface area contributed by atoms with Gasteiger partial charge in [0.1, 0.15) is 0 Å². The molecule has 0 aliphatic heterocycles. The highest BCUT2D eigenvalue weighted by molar-refractivity contribution is 4.68. The molecule has 0 amide bonds. The van der Waals surface area contributed by atoms with Gasteiger partial charge in [0.2, 0.25) is 0 Å². The van der Waals surface area contributed by atoms with Crippen LogP contribution in [-0.2, 0) is 4.74 Å². The van der Waals surface area contributed by atoms with Gasteiger partial charge in [0, 0.05) is 7.11 Å². The third-order valence-corrected chi connectivity index (χ3v) is 1.04. The molecule has 0 fully saturated rings. The van der Waals surface area contributed by atoms with Crippen molar-refractivity contribution in [2.75, 3.05) is 20.3 Å². The quantitative estimate of drug-likeness (QED) is 0.430. The van der Waals surface area contributed by atoms with Crippen LogP contribution in [-0.4, -0.2) is 42.7 Å². The Morgan fingerprint density at radius 1 is 1.67 bits per heavy atom. The van der Waals surface area contributed by atoms with Gasteiger partial charge < -0.3 is 20.7 Å². The molecule has 2 atom stereocenters. The van der Waals surface area contributed by atoms with E-state index in [4.69, 9.17) is 15.9 Å². The first-order chi connectivity index (χ1) is 4.22. The maximum absolute atomic E-state index is 8.91. The smallest absolute Gasteiger partial charge is 0.0946 e. The second-order valence-electron chi connectivity index (χ2n) is 1.87. The van der Waals surface area contributed by atoms with Gasteiger partial charge in [-0.05, 0) is 0 Å². The summed E-state index contributed by atoms with van der Waals surface area (Å²) in [4.78, 5) is 0. The van der Waals surface area contributed by atoms with Crippen LogP contribution in [0.1, 0.15) is 0 Å². The first kappa shape index (κ1) is 8.84. The molecule has 4 nitrogen and oxygen atoms in total. The lowest BCUT2D eigenvalue weighted by atomic mass is 10.2. The Kier molecular flexibility index (Phi) is 4.61. The molecule has 56 valence electrons. The van der Waals surface area contributed by atoms with Crippen LogP contribution in [0.15, 0.2) is 0 Å². The molecule has 9 heavy (non-hydrogen) atoms. The Bertz CT molecular complexity index is 69.2. The van der Waals surface area contributed by atoms with Crippen molar-refractivity contribution in [1.29, 1.82) is 0 Å². The van der Waals surface area contributed by atoms with E-state index in [1.54, 1.807) is 0 Å². The molecule has 0 radical (unpaired) electrons. The van der Waals surface area contributed by atoms with Crippen molar-refractivity contribution in [2.45, 2.75) is 12.1 Å². The largest absolute Gasteiger partial charge is 0.395 e. The summed E-state index contributed by atoms with van der Waals surface area (Å²) in [6, 6.07) is -0.593. The lowest BCUT2D eigenvalue weighted by Gasteiger charge is -2.14. The molecule has 0 aliphatic carbocycles. The van der Waals surface area contributed by atoms with Crippen LogP contribution in [0.2, 0.25) is 0 Å². The Labute approximate surface area is 54.2 Å². The molecule has 0 saturated carbocycles. The van der Waals surface area contributed by atoms with Crippen molar-refractivity contribution in [2.24, 2.45) is 5.73 Å². The molecule has 4 heteroatoms. The van der Waals surface area contributed by atoms with E-state index in [1.807, 2.05) is 0 Å². The molecular weight excluding hydrogens is 122 g/mol. The number of nitrogens with two attached hydrogens (primary N) is 1. The van der Waals surface area contributed by atoms with E-state index >= 15 is 0 Å². The highest BCUT2D eigenvalue weighted by atomic mass is 16.5. The Morgan fingerprint density at radius 3 is 2.56 bits per heavy atom. The summed E-state index contributed by atoms with van der Waals surface area (Å²) in [6.45, 7) is -0.0494. The molecule has 0 bridgehead atoms. The summed E-state index contributed by atoms with van der Waals surface area (Å²) in [7, 11) is 1.47. The van der Waals surface area contributed by atoms with E-state index in [0.29, 0.717) is 0 Å². The molecule has 0 aromatic rings. The summed E-state index contributed by atoms with van der Waals surface area (Å²) < 4.78 is 4.59. The lowest BCUT2D eigenvalue weighted by Crippen LogP contribution is -2.40. The Balaban J connectivity index is 3.32. The first-order valence-electron chi connectivity index (χ1n) is 2.75. The summed E-state index contributed by atoms with van der Waals surface area (Å²) in [5.41, 5.74) is 5.22. The Hall–Kier alpha value is -0.160. The predicted octanol–water partition coefficient (Wildman–Crippen LogP) is -1.69. The van der Waals surface area contributed by atoms with E-state index in [1.165, 1.54) is 7.11 Å². The van der Waals surface area contributed by atoms with Gasteiger partial charge in [-0.25, -0.2) is 0 Å². The van der Waals surface area contributed by atoms with Gasteiger partial charge in [0.15, 0.2) is 0 Å². The standard InChI is InChI=1S/C5H13NO3/c1-9-3-5(8)4(6)2-7/h4-5,7-8H,2-3,6H2,1H3/t4-,5+/m1/s1. The van der Waals surface area contributed by atoms with Crippen molar-refractivity contribution in [1.82, 2.24) is 0 Å². The maximum Gasteiger partial charge on any atom is 0.0946 e. The molecule has 0 aromatic heterocycles. The molecule has 0 spiro atoms. The van der Waals surface area contributed by atoms with Crippen LogP contribution in [0.3, 0.4) is 0 Å². The number of aliphatic hydroxyl groups excluding tert-OH is 2. The van der Waals surface area contributed by atoms with Crippen molar-refractivity contribution in [3.63, 3.8) is 0 Å². The van der Waals surface area contributed by atoms with Crippen LogP contribution < -0.4 is 5.73 Å². The zero-order valence-electron chi connectivity index (χ0n) is 5.45. The summed E-state index contributed by atoms with van der Waals surface area (Å²) in [6.07, 6.45) is -0.764. The number of ether oxygens (including phenoxy) is 1. The molecule has 0 aliphatic rings. The minimum absolute atomic E-state index is 0.168. The van der Waals surface area contributed by atoms with Crippen LogP contribution in [0.4, 0.5) is 0 Å². The van der Waals surface area contributed by atoms with Crippen molar-refractivity contribution >= 4 is 0 Å². The van der Waals surface area contributed by atoms with Crippen molar-refractivity contribution < 1.29 is 14.9 Å². The van der Waals surface area contributed by atoms with Crippen molar-refractivity contribution in [3.05, 3.63) is 0 Å². The molecule has 4 N–H and O–H groups in total. The monoisotopic (exact) mass is 135 g/mol. The molecule has 0 unspecified atom stereocenters. The fourth-order valence-corrected chi connectivity index (χ4v) is 0.416. The topological polar surface area (TPSA) is 75.7 Å². The first-order valence-corrected chi connectivity index (χ1v) is 2.75. The summed E-state index contributed by atoms with van der Waals surface area (Å²) >= 11 is 0. The maximum atomic E-state index is 8.91. The van der Waals surface area contributed by atoms with Gasteiger partial charge >= 0.3 is 0 Å². The third kappa shape index (κ3) is 3.42. The van der Waals surface area contributed by atoms with E-state index in [9.17, 15) is 0 Å². The number of hydrogen-bond acceptors (Lipinski definition) is 4. The van der Waals surface area contributed by atoms with Gasteiger partial charge in [0.05, 0.1) is 25.4 Å². The average Bonchev–Trinajstić information content (AvgIpc) is 1.87. The second-order valence-corrected chi connectivity index (χ2v) is 1.87. The fraction of sp³-hybridized carbons (Fsp3) is 1.00. The minimum atomic E-state index is -0.764. The number of methoxy groups -OCH3 is 1. The third-order valence-electron chi connectivity index (χ3n) is 1.04. The van der Waals surface area contributed by atoms with Gasteiger partial charge in [-0.3, -0.25) is 0 Å². The predicted molar refractivity (Wildman–Crippen MR) is 32.9 cm³/mol. The zero-order valence-corrected chi connectivity index (χ0v) is 5.45. The molecule has 0 aromatic carbocycles. The van der Waals surface area contributed by atoms with Gasteiger partial charge in [0.25, 0.3) is 0 Å². The SMILES string of the molecule is COC[C@H](O)[C@H](N)CO. The van der Waals surface area contributed by atoms with E-state index in [0.717, 1.165) is 0 Å². The molecule has 0 saturated heterocycles. The Morgan fingerprint density at radius 2 is 2.22 bits per heavy atom. The molecule has 0 rings (SSSR count). The lowest BCUT2D eigenvalue weighted by molar-refractivity contribution is 0.0336. The van der Waals surface area contributed by atoms with E-state index < -0.39 is 12.1 Å². The van der Waals surface area contributed by atoms with E-state index in [2.05, 4.69) is 4.74 Å². The number of hydrogen-bond donors (Lipinski definition) is 3. The average molecular weight is 135 g/mol. The van der Waals surface area contributed by atoms with Crippen LogP contribution in [0, 0.1) is 0 Å². The van der Waals surface area contributed by atoms with Crippen LogP contribution >= 0.6 is 0 Å². The fourth-order valence-electron chi connectivity index (χ4n) is 0.416. The minimum Gasteiger partial charge on any atom is -0.395 e. The highest BCUT2D eigenvalue weighted by Crippen LogP contribution is 1.88. The normalized spacial score (nSPS) is 17.3. The van der Waals surface area contributed by atoms with Gasteiger partial charge in [-0.1, -0.05) is 0 Å². The molecule has 0 heterocycles. The van der Waals surface area contributed by atoms with Crippen LogP contribution in [0.25, 0.3) is 0 Å². The summed E-state index contributed by atoms with van der Waals surface area (Å²) in [5.74, 6) is 0. The van der Waals surface area contributed by atoms with Crippen LogP contribution in [0.5, 0.6) is 0 Å². The van der Waals surface area contributed by atoms with Gasteiger partial charge in [-0.15, -0.1) is 0 Å². The second kappa shape index (κ2) is 4.69.